The van der Waals surface area contributed by atoms with Crippen LogP contribution in [0, 0.1) is 13.8 Å². The van der Waals surface area contributed by atoms with Crippen LogP contribution in [-0.4, -0.2) is 5.91 Å². The van der Waals surface area contributed by atoms with E-state index >= 15 is 0 Å². The number of nitrogens with one attached hydrogen (secondary N) is 1. The van der Waals surface area contributed by atoms with Crippen molar-refractivity contribution >= 4 is 11.5 Å². The van der Waals surface area contributed by atoms with Crippen LogP contribution in [0.5, 0.6) is 0 Å². The molecule has 2 aromatic carbocycles. The van der Waals surface area contributed by atoms with Crippen LogP contribution in [0.3, 0.4) is 0 Å². The number of aryl methyl sites for hydroxylation is 2. The quantitative estimate of drug-likeness (QED) is 0.869. The maximum Gasteiger partial charge on any atom is 0.247 e. The Hall–Kier alpha value is -2.35. The summed E-state index contributed by atoms with van der Waals surface area (Å²) < 4.78 is 0. The molecular weight excluding hydrogens is 282 g/mol. The van der Waals surface area contributed by atoms with Gasteiger partial charge >= 0.3 is 0 Å². The Balaban J connectivity index is 2.03. The Bertz CT molecular complexity index is 768. The molecule has 1 amide bonds. The van der Waals surface area contributed by atoms with E-state index in [-0.39, 0.29) is 11.4 Å². The molecule has 2 heteroatoms. The number of hydrogen-bond donors (Lipinski definition) is 1. The number of benzene rings is 2. The van der Waals surface area contributed by atoms with E-state index < -0.39 is 0 Å². The summed E-state index contributed by atoms with van der Waals surface area (Å²) in [5, 5.41) is 3.19. The summed E-state index contributed by atoms with van der Waals surface area (Å²) in [5.41, 5.74) is 6.33. The summed E-state index contributed by atoms with van der Waals surface area (Å²) in [6, 6.07) is 16.9. The van der Waals surface area contributed by atoms with Crippen molar-refractivity contribution in [1.29, 1.82) is 0 Å². The van der Waals surface area contributed by atoms with Gasteiger partial charge in [-0.2, -0.15) is 0 Å². The van der Waals surface area contributed by atoms with E-state index in [1.165, 1.54) is 11.1 Å². The average molecular weight is 305 g/mol. The predicted molar refractivity (Wildman–Crippen MR) is 95.1 cm³/mol. The molecule has 1 unspecified atom stereocenters. The smallest absolute Gasteiger partial charge is 0.247 e. The third kappa shape index (κ3) is 2.94. The highest BCUT2D eigenvalue weighted by atomic mass is 16.1. The molecule has 23 heavy (non-hydrogen) atoms. The lowest BCUT2D eigenvalue weighted by Crippen LogP contribution is -2.47. The summed E-state index contributed by atoms with van der Waals surface area (Å²) in [5.74, 6) is 0.0231. The zero-order valence-corrected chi connectivity index (χ0v) is 14.2. The van der Waals surface area contributed by atoms with Gasteiger partial charge in [-0.15, -0.1) is 0 Å². The SMILES string of the molecule is CC1=C(c2ccc(C)cc2)CC(C)(c2ccc(C)cc2)NC1=O. The monoisotopic (exact) mass is 305 g/mol. The molecule has 0 radical (unpaired) electrons. The maximum atomic E-state index is 12.5. The lowest BCUT2D eigenvalue weighted by atomic mass is 9.78. The highest BCUT2D eigenvalue weighted by Crippen LogP contribution is 2.38. The molecule has 0 spiro atoms. The predicted octanol–water partition coefficient (Wildman–Crippen LogP) is 4.51. The maximum absolute atomic E-state index is 12.5. The van der Waals surface area contributed by atoms with Gasteiger partial charge < -0.3 is 5.32 Å². The van der Waals surface area contributed by atoms with Gasteiger partial charge in [0.05, 0.1) is 5.54 Å². The van der Waals surface area contributed by atoms with E-state index in [1.54, 1.807) is 0 Å². The largest absolute Gasteiger partial charge is 0.343 e. The van der Waals surface area contributed by atoms with Crippen LogP contribution < -0.4 is 5.32 Å². The minimum Gasteiger partial charge on any atom is -0.343 e. The standard InChI is InChI=1S/C21H23NO/c1-14-5-9-17(10-6-14)19-13-21(4,22-20(23)16(19)3)18-11-7-15(2)8-12-18/h5-12H,13H2,1-4H3,(H,22,23). The fourth-order valence-electron chi connectivity index (χ4n) is 3.18. The highest BCUT2D eigenvalue weighted by Gasteiger charge is 2.35. The van der Waals surface area contributed by atoms with Crippen molar-refractivity contribution in [2.75, 3.05) is 0 Å². The Morgan fingerprint density at radius 3 is 1.96 bits per heavy atom. The van der Waals surface area contributed by atoms with Crippen molar-refractivity contribution in [1.82, 2.24) is 5.32 Å². The van der Waals surface area contributed by atoms with Crippen LogP contribution in [0.1, 0.15) is 42.5 Å². The molecule has 1 aliphatic rings. The first kappa shape index (κ1) is 15.5. The second-order valence-corrected chi connectivity index (χ2v) is 6.80. The van der Waals surface area contributed by atoms with E-state index in [0.29, 0.717) is 0 Å². The average Bonchev–Trinajstić information content (AvgIpc) is 2.52. The van der Waals surface area contributed by atoms with Crippen molar-refractivity contribution in [2.24, 2.45) is 0 Å². The van der Waals surface area contributed by atoms with Crippen LogP contribution in [0.2, 0.25) is 0 Å². The van der Waals surface area contributed by atoms with E-state index in [9.17, 15) is 4.79 Å². The second kappa shape index (κ2) is 5.69. The fraction of sp³-hybridized carbons (Fsp3) is 0.286. The summed E-state index contributed by atoms with van der Waals surface area (Å²) in [4.78, 5) is 12.5. The van der Waals surface area contributed by atoms with Crippen molar-refractivity contribution in [2.45, 2.75) is 39.7 Å². The molecule has 1 aliphatic heterocycles. The molecule has 0 saturated heterocycles. The lowest BCUT2D eigenvalue weighted by molar-refractivity contribution is -0.119. The van der Waals surface area contributed by atoms with Crippen molar-refractivity contribution in [3.8, 4) is 0 Å². The fourth-order valence-corrected chi connectivity index (χ4v) is 3.18. The molecule has 0 fully saturated rings. The summed E-state index contributed by atoms with van der Waals surface area (Å²) in [6.07, 6.45) is 0.802. The zero-order valence-electron chi connectivity index (χ0n) is 14.2. The van der Waals surface area contributed by atoms with Crippen LogP contribution in [0.25, 0.3) is 5.57 Å². The minimum atomic E-state index is -0.371. The Morgan fingerprint density at radius 2 is 1.39 bits per heavy atom. The molecule has 3 rings (SSSR count). The number of rotatable bonds is 2. The van der Waals surface area contributed by atoms with E-state index in [4.69, 9.17) is 0 Å². The molecule has 0 bridgehead atoms. The number of amides is 1. The Morgan fingerprint density at radius 1 is 0.870 bits per heavy atom. The van der Waals surface area contributed by atoms with E-state index in [2.05, 4.69) is 74.6 Å². The number of carbonyl (C=O) groups excluding carboxylic acids is 1. The third-order valence-corrected chi connectivity index (χ3v) is 4.80. The topological polar surface area (TPSA) is 29.1 Å². The molecule has 0 saturated carbocycles. The first-order chi connectivity index (χ1) is 10.9. The van der Waals surface area contributed by atoms with Gasteiger partial charge in [0.1, 0.15) is 0 Å². The zero-order chi connectivity index (χ0) is 16.6. The first-order valence-electron chi connectivity index (χ1n) is 8.05. The van der Waals surface area contributed by atoms with Crippen molar-refractivity contribution in [3.05, 3.63) is 76.4 Å². The summed E-state index contributed by atoms with van der Waals surface area (Å²) in [7, 11) is 0. The lowest BCUT2D eigenvalue weighted by Gasteiger charge is -2.37. The normalized spacial score (nSPS) is 21.3. The highest BCUT2D eigenvalue weighted by molar-refractivity contribution is 6.03. The molecule has 1 heterocycles. The molecule has 0 aromatic heterocycles. The van der Waals surface area contributed by atoms with Crippen LogP contribution in [0.4, 0.5) is 0 Å². The van der Waals surface area contributed by atoms with Gasteiger partial charge in [0.25, 0.3) is 0 Å². The first-order valence-corrected chi connectivity index (χ1v) is 8.05. The third-order valence-electron chi connectivity index (χ3n) is 4.80. The van der Waals surface area contributed by atoms with Gasteiger partial charge in [-0.25, -0.2) is 0 Å². The van der Waals surface area contributed by atoms with E-state index in [0.717, 1.165) is 28.7 Å². The summed E-state index contributed by atoms with van der Waals surface area (Å²) >= 11 is 0. The molecule has 1 atom stereocenters. The van der Waals surface area contributed by atoms with Gasteiger partial charge in [-0.05, 0) is 44.4 Å². The van der Waals surface area contributed by atoms with Crippen LogP contribution in [-0.2, 0) is 10.3 Å². The van der Waals surface area contributed by atoms with Gasteiger partial charge in [0.2, 0.25) is 5.91 Å². The second-order valence-electron chi connectivity index (χ2n) is 6.80. The molecule has 1 N–H and O–H groups in total. The Labute approximate surface area is 138 Å². The Kier molecular flexibility index (Phi) is 3.85. The molecule has 0 aliphatic carbocycles. The van der Waals surface area contributed by atoms with Gasteiger partial charge in [-0.3, -0.25) is 4.79 Å². The van der Waals surface area contributed by atoms with E-state index in [1.807, 2.05) is 6.92 Å². The molecular formula is C21H23NO. The minimum absolute atomic E-state index is 0.0231. The van der Waals surface area contributed by atoms with Crippen molar-refractivity contribution < 1.29 is 4.79 Å². The number of hydrogen-bond acceptors (Lipinski definition) is 1. The van der Waals surface area contributed by atoms with Gasteiger partial charge in [-0.1, -0.05) is 59.7 Å². The molecule has 2 aromatic rings. The van der Waals surface area contributed by atoms with Gasteiger partial charge in [0, 0.05) is 12.0 Å². The van der Waals surface area contributed by atoms with Crippen molar-refractivity contribution in [3.63, 3.8) is 0 Å². The molecule has 118 valence electrons. The van der Waals surface area contributed by atoms with Crippen LogP contribution >= 0.6 is 0 Å². The number of carbonyl (C=O) groups is 1. The molecule has 2 nitrogen and oxygen atoms in total. The summed E-state index contributed by atoms with van der Waals surface area (Å²) in [6.45, 7) is 8.18. The van der Waals surface area contributed by atoms with Gasteiger partial charge in [0.15, 0.2) is 0 Å². The van der Waals surface area contributed by atoms with Crippen LogP contribution in [0.15, 0.2) is 54.1 Å².